The Hall–Kier alpha value is -2.78. The Bertz CT molecular complexity index is 1340. The molecule has 1 saturated heterocycles. The number of aromatic nitrogens is 2. The third-order valence-electron chi connectivity index (χ3n) is 9.19. The first-order chi connectivity index (χ1) is 17.4. The Morgan fingerprint density at radius 2 is 1.65 bits per heavy atom. The van der Waals surface area contributed by atoms with Crippen molar-refractivity contribution in [1.82, 2.24) is 9.55 Å². The second kappa shape index (κ2) is 8.36. The van der Waals surface area contributed by atoms with Gasteiger partial charge in [0.1, 0.15) is 0 Å². The SMILES string of the molecule is C[C@H](C(=O)Nc1ccc(B2OC(C)(C)C(C)(C)O2)cc1)[C@H]1[C@@H]2C[C@@H](n3cnc4cc(F)c(F)cc43)C[C@@H]21. The number of amides is 1. The Morgan fingerprint density at radius 1 is 1.05 bits per heavy atom. The average Bonchev–Trinajstić information content (AvgIpc) is 3.11. The average molecular weight is 507 g/mol. The molecule has 3 aliphatic rings. The van der Waals surface area contributed by atoms with E-state index in [0.29, 0.717) is 28.8 Å². The van der Waals surface area contributed by atoms with E-state index in [0.717, 1.165) is 30.1 Å². The van der Waals surface area contributed by atoms with Crippen LogP contribution in [0.4, 0.5) is 14.5 Å². The van der Waals surface area contributed by atoms with Crippen LogP contribution >= 0.6 is 0 Å². The molecule has 37 heavy (non-hydrogen) atoms. The molecule has 0 unspecified atom stereocenters. The molecule has 1 N–H and O–H groups in total. The predicted molar refractivity (Wildman–Crippen MR) is 138 cm³/mol. The van der Waals surface area contributed by atoms with Crippen LogP contribution in [0.25, 0.3) is 11.0 Å². The number of nitrogens with one attached hydrogen (secondary N) is 1. The fourth-order valence-corrected chi connectivity index (χ4v) is 6.28. The van der Waals surface area contributed by atoms with Crippen molar-refractivity contribution in [3.63, 3.8) is 0 Å². The molecule has 0 spiro atoms. The lowest BCUT2D eigenvalue weighted by Gasteiger charge is -2.32. The minimum atomic E-state index is -0.880. The Labute approximate surface area is 215 Å². The number of benzene rings is 2. The first-order valence-electron chi connectivity index (χ1n) is 13.0. The van der Waals surface area contributed by atoms with Gasteiger partial charge in [-0.2, -0.15) is 0 Å². The lowest BCUT2D eigenvalue weighted by molar-refractivity contribution is -0.120. The number of rotatable bonds is 5. The number of carbonyl (C=O) groups excluding carboxylic acids is 1. The van der Waals surface area contributed by atoms with E-state index < -0.39 is 30.0 Å². The molecular weight excluding hydrogens is 475 g/mol. The summed E-state index contributed by atoms with van der Waals surface area (Å²) < 4.78 is 41.5. The highest BCUT2D eigenvalue weighted by Gasteiger charge is 2.59. The van der Waals surface area contributed by atoms with Crippen molar-refractivity contribution in [2.75, 3.05) is 5.32 Å². The summed E-state index contributed by atoms with van der Waals surface area (Å²) in [6.07, 6.45) is 3.51. The predicted octanol–water partition coefficient (Wildman–Crippen LogP) is 5.09. The second-order valence-corrected chi connectivity index (χ2v) is 11.9. The third-order valence-corrected chi connectivity index (χ3v) is 9.19. The van der Waals surface area contributed by atoms with Crippen LogP contribution in [-0.4, -0.2) is 33.8 Å². The first kappa shape index (κ1) is 24.6. The summed E-state index contributed by atoms with van der Waals surface area (Å²) >= 11 is 0. The number of halogens is 2. The van der Waals surface area contributed by atoms with Gasteiger partial charge in [0.05, 0.1) is 28.6 Å². The van der Waals surface area contributed by atoms with Crippen molar-refractivity contribution in [3.05, 3.63) is 54.4 Å². The Kier molecular flexibility index (Phi) is 5.55. The van der Waals surface area contributed by atoms with Crippen LogP contribution in [0, 0.1) is 35.3 Å². The van der Waals surface area contributed by atoms with Gasteiger partial charge < -0.3 is 19.2 Å². The largest absolute Gasteiger partial charge is 0.494 e. The van der Waals surface area contributed by atoms with E-state index in [1.54, 1.807) is 6.33 Å². The van der Waals surface area contributed by atoms with Crippen LogP contribution in [0.3, 0.4) is 0 Å². The number of hydrogen-bond donors (Lipinski definition) is 1. The van der Waals surface area contributed by atoms with Gasteiger partial charge in [0.15, 0.2) is 11.6 Å². The zero-order valence-corrected chi connectivity index (χ0v) is 21.8. The summed E-state index contributed by atoms with van der Waals surface area (Å²) in [5, 5.41) is 3.06. The van der Waals surface area contributed by atoms with Gasteiger partial charge in [-0.25, -0.2) is 13.8 Å². The number of nitrogens with zero attached hydrogens (tertiary/aromatic N) is 2. The van der Waals surface area contributed by atoms with E-state index in [-0.39, 0.29) is 17.9 Å². The van der Waals surface area contributed by atoms with Gasteiger partial charge in [0.25, 0.3) is 0 Å². The summed E-state index contributed by atoms with van der Waals surface area (Å²) in [6, 6.07) is 10.2. The van der Waals surface area contributed by atoms with Crippen molar-refractivity contribution in [3.8, 4) is 0 Å². The molecule has 6 nitrogen and oxygen atoms in total. The molecule has 3 fully saturated rings. The number of hydrogen-bond acceptors (Lipinski definition) is 4. The van der Waals surface area contributed by atoms with Crippen molar-refractivity contribution in [2.45, 2.75) is 64.7 Å². The minimum Gasteiger partial charge on any atom is -0.399 e. The third kappa shape index (κ3) is 4.07. The molecule has 1 aliphatic heterocycles. The van der Waals surface area contributed by atoms with E-state index in [4.69, 9.17) is 9.31 Å². The van der Waals surface area contributed by atoms with Gasteiger partial charge in [-0.15, -0.1) is 0 Å². The van der Waals surface area contributed by atoms with Crippen molar-refractivity contribution in [2.24, 2.45) is 23.7 Å². The normalized spacial score (nSPS) is 28.4. The highest BCUT2D eigenvalue weighted by atomic mass is 19.2. The summed E-state index contributed by atoms with van der Waals surface area (Å²) in [4.78, 5) is 17.3. The fourth-order valence-electron chi connectivity index (χ4n) is 6.28. The maximum Gasteiger partial charge on any atom is 0.494 e. The van der Waals surface area contributed by atoms with Gasteiger partial charge in [-0.1, -0.05) is 19.1 Å². The quantitative estimate of drug-likeness (QED) is 0.489. The maximum atomic E-state index is 13.8. The smallest absolute Gasteiger partial charge is 0.399 e. The van der Waals surface area contributed by atoms with Gasteiger partial charge in [0.2, 0.25) is 5.91 Å². The highest BCUT2D eigenvalue weighted by Crippen LogP contribution is 2.64. The Balaban J connectivity index is 1.06. The van der Waals surface area contributed by atoms with Gasteiger partial charge in [-0.05, 0) is 75.9 Å². The molecule has 2 aliphatic carbocycles. The summed E-state index contributed by atoms with van der Waals surface area (Å²) in [7, 11) is -0.435. The molecule has 5 atom stereocenters. The standard InChI is InChI=1S/C28H32BF2N3O3/c1-15(26(35)33-17-8-6-16(7-9-17)29-36-27(2,3)28(4,5)37-29)25-19-10-18(11-20(19)25)34-14-32-23-12-21(30)22(31)13-24(23)34/h6-9,12-15,18-20,25H,10-11H2,1-5H3,(H,33,35)/t15-,18-,19-,20+,25+/m0/s1. The maximum absolute atomic E-state index is 13.8. The summed E-state index contributed by atoms with van der Waals surface area (Å²) in [5.41, 5.74) is 1.95. The van der Waals surface area contributed by atoms with Crippen molar-refractivity contribution in [1.29, 1.82) is 0 Å². The van der Waals surface area contributed by atoms with Crippen molar-refractivity contribution < 1.29 is 22.9 Å². The van der Waals surface area contributed by atoms with Gasteiger partial charge in [-0.3, -0.25) is 4.79 Å². The number of anilines is 1. The molecule has 2 saturated carbocycles. The summed E-state index contributed by atoms with van der Waals surface area (Å²) in [6.45, 7) is 10.1. The molecule has 2 aromatic carbocycles. The van der Waals surface area contributed by atoms with E-state index in [1.807, 2.05) is 63.5 Å². The van der Waals surface area contributed by atoms with E-state index >= 15 is 0 Å². The molecule has 9 heteroatoms. The fraction of sp³-hybridized carbons (Fsp3) is 0.500. The molecule has 2 heterocycles. The molecule has 194 valence electrons. The first-order valence-corrected chi connectivity index (χ1v) is 13.0. The topological polar surface area (TPSA) is 65.4 Å². The highest BCUT2D eigenvalue weighted by molar-refractivity contribution is 6.62. The molecule has 3 aromatic rings. The van der Waals surface area contributed by atoms with Crippen LogP contribution < -0.4 is 10.8 Å². The van der Waals surface area contributed by atoms with E-state index in [2.05, 4.69) is 10.3 Å². The molecular formula is C28H32BF2N3O3. The number of carbonyl (C=O) groups is 1. The van der Waals surface area contributed by atoms with Crippen LogP contribution in [0.1, 0.15) is 53.5 Å². The van der Waals surface area contributed by atoms with Crippen LogP contribution in [0.2, 0.25) is 0 Å². The zero-order valence-electron chi connectivity index (χ0n) is 21.8. The van der Waals surface area contributed by atoms with Crippen molar-refractivity contribution >= 4 is 35.2 Å². The number of fused-ring (bicyclic) bond motifs is 2. The zero-order chi connectivity index (χ0) is 26.3. The Morgan fingerprint density at radius 3 is 2.27 bits per heavy atom. The van der Waals surface area contributed by atoms with Crippen LogP contribution in [-0.2, 0) is 14.1 Å². The van der Waals surface area contributed by atoms with Gasteiger partial charge in [0, 0.05) is 29.8 Å². The van der Waals surface area contributed by atoms with Crippen LogP contribution in [0.5, 0.6) is 0 Å². The van der Waals surface area contributed by atoms with E-state index in [1.165, 1.54) is 6.07 Å². The second-order valence-electron chi connectivity index (χ2n) is 11.9. The lowest BCUT2D eigenvalue weighted by Crippen LogP contribution is -2.41. The molecule has 0 radical (unpaired) electrons. The lowest BCUT2D eigenvalue weighted by atomic mass is 9.79. The molecule has 1 amide bonds. The summed E-state index contributed by atoms with van der Waals surface area (Å²) in [5.74, 6) is -0.572. The number of imidazole rings is 1. The van der Waals surface area contributed by atoms with E-state index in [9.17, 15) is 13.6 Å². The monoisotopic (exact) mass is 507 g/mol. The minimum absolute atomic E-state index is 0.0185. The van der Waals surface area contributed by atoms with Gasteiger partial charge >= 0.3 is 7.12 Å². The molecule has 0 bridgehead atoms. The molecule has 1 aromatic heterocycles. The van der Waals surface area contributed by atoms with Crippen LogP contribution in [0.15, 0.2) is 42.7 Å². The molecule has 6 rings (SSSR count).